The smallest absolute Gasteiger partial charge is 0.0541 e. The molecular formula is C48H34N2. The second kappa shape index (κ2) is 11.6. The van der Waals surface area contributed by atoms with E-state index in [0.717, 1.165) is 12.8 Å². The Labute approximate surface area is 291 Å². The molecule has 0 radical (unpaired) electrons. The molecule has 2 nitrogen and oxygen atoms in total. The molecule has 0 saturated carbocycles. The summed E-state index contributed by atoms with van der Waals surface area (Å²) in [7, 11) is 0. The average Bonchev–Trinajstić information content (AvgIpc) is 3.71. The van der Waals surface area contributed by atoms with Gasteiger partial charge in [-0.15, -0.1) is 0 Å². The topological polar surface area (TPSA) is 9.86 Å². The number of hydrogen-bond donors (Lipinski definition) is 0. The normalized spacial score (nSPS) is 13.1. The molecule has 2 aromatic heterocycles. The van der Waals surface area contributed by atoms with Crippen LogP contribution in [0, 0.1) is 0 Å². The van der Waals surface area contributed by atoms with Crippen molar-refractivity contribution < 1.29 is 0 Å². The minimum atomic E-state index is 1.08. The lowest BCUT2D eigenvalue weighted by Gasteiger charge is -2.14. The largest absolute Gasteiger partial charge is 0.309 e. The number of rotatable bonds is 5. The van der Waals surface area contributed by atoms with Crippen LogP contribution in [-0.4, -0.2) is 9.13 Å². The summed E-state index contributed by atoms with van der Waals surface area (Å²) in [5, 5.41) is 5.05. The minimum Gasteiger partial charge on any atom is -0.309 e. The molecule has 2 heteroatoms. The van der Waals surface area contributed by atoms with Gasteiger partial charge in [0.2, 0.25) is 0 Å². The first-order valence-corrected chi connectivity index (χ1v) is 17.5. The van der Waals surface area contributed by atoms with Crippen molar-refractivity contribution in [2.75, 3.05) is 0 Å². The zero-order valence-corrected chi connectivity index (χ0v) is 27.6. The highest BCUT2D eigenvalue weighted by Crippen LogP contribution is 2.40. The van der Waals surface area contributed by atoms with Crippen LogP contribution in [0.15, 0.2) is 182 Å². The Hall–Kier alpha value is -6.38. The lowest BCUT2D eigenvalue weighted by atomic mass is 9.97. The summed E-state index contributed by atoms with van der Waals surface area (Å²) >= 11 is 0. The van der Waals surface area contributed by atoms with Crippen molar-refractivity contribution in [3.63, 3.8) is 0 Å². The Morgan fingerprint density at radius 3 is 1.72 bits per heavy atom. The van der Waals surface area contributed by atoms with Crippen LogP contribution in [0.4, 0.5) is 0 Å². The summed E-state index contributed by atoms with van der Waals surface area (Å²) in [5.74, 6) is 0. The van der Waals surface area contributed by atoms with Crippen LogP contribution >= 0.6 is 0 Å². The predicted molar refractivity (Wildman–Crippen MR) is 212 cm³/mol. The second-order valence-electron chi connectivity index (χ2n) is 13.3. The molecule has 0 bridgehead atoms. The first kappa shape index (κ1) is 28.6. The molecule has 9 aromatic rings. The summed E-state index contributed by atoms with van der Waals surface area (Å²) in [6.45, 7) is 0. The Bertz CT molecular complexity index is 2810. The molecule has 0 unspecified atom stereocenters. The Morgan fingerprint density at radius 1 is 0.400 bits per heavy atom. The monoisotopic (exact) mass is 638 g/mol. The van der Waals surface area contributed by atoms with Crippen molar-refractivity contribution in [2.24, 2.45) is 0 Å². The van der Waals surface area contributed by atoms with Crippen molar-refractivity contribution >= 4 is 49.2 Å². The van der Waals surface area contributed by atoms with Gasteiger partial charge >= 0.3 is 0 Å². The number of fused-ring (bicyclic) bond motifs is 6. The number of aromatic nitrogens is 2. The van der Waals surface area contributed by atoms with E-state index in [1.165, 1.54) is 88.4 Å². The van der Waals surface area contributed by atoms with E-state index in [4.69, 9.17) is 0 Å². The molecule has 0 aliphatic heterocycles. The van der Waals surface area contributed by atoms with Crippen molar-refractivity contribution in [2.45, 2.75) is 12.8 Å². The highest BCUT2D eigenvalue weighted by Gasteiger charge is 2.18. The highest BCUT2D eigenvalue weighted by molar-refractivity contribution is 6.13. The van der Waals surface area contributed by atoms with Gasteiger partial charge in [0.1, 0.15) is 0 Å². The van der Waals surface area contributed by atoms with Crippen LogP contribution < -0.4 is 0 Å². The van der Waals surface area contributed by atoms with Gasteiger partial charge in [-0.1, -0.05) is 127 Å². The zero-order chi connectivity index (χ0) is 33.0. The van der Waals surface area contributed by atoms with Crippen LogP contribution in [0.5, 0.6) is 0 Å². The maximum absolute atomic E-state index is 2.43. The number of nitrogens with zero attached hydrogens (tertiary/aromatic N) is 2. The van der Waals surface area contributed by atoms with Crippen LogP contribution in [0.25, 0.3) is 82.8 Å². The van der Waals surface area contributed by atoms with E-state index < -0.39 is 0 Å². The third kappa shape index (κ3) is 4.57. The lowest BCUT2D eigenvalue weighted by Crippen LogP contribution is -1.97. The molecule has 1 aliphatic rings. The molecule has 0 atom stereocenters. The van der Waals surface area contributed by atoms with Gasteiger partial charge in [0.05, 0.1) is 27.8 Å². The highest BCUT2D eigenvalue weighted by atomic mass is 15.0. The van der Waals surface area contributed by atoms with Crippen molar-refractivity contribution in [3.05, 3.63) is 188 Å². The van der Waals surface area contributed by atoms with Crippen LogP contribution in [0.2, 0.25) is 0 Å². The molecule has 7 aromatic carbocycles. The molecule has 2 heterocycles. The third-order valence-corrected chi connectivity index (χ3v) is 10.4. The van der Waals surface area contributed by atoms with E-state index in [-0.39, 0.29) is 0 Å². The van der Waals surface area contributed by atoms with Crippen LogP contribution in [0.3, 0.4) is 0 Å². The van der Waals surface area contributed by atoms with E-state index >= 15 is 0 Å². The summed E-state index contributed by atoms with van der Waals surface area (Å²) in [5.41, 5.74) is 14.8. The Balaban J connectivity index is 1.14. The molecule has 0 fully saturated rings. The van der Waals surface area contributed by atoms with E-state index in [1.54, 1.807) is 0 Å². The van der Waals surface area contributed by atoms with Gasteiger partial charge in [0.15, 0.2) is 0 Å². The maximum atomic E-state index is 2.43. The Morgan fingerprint density at radius 2 is 1.00 bits per heavy atom. The fourth-order valence-corrected chi connectivity index (χ4v) is 8.06. The zero-order valence-electron chi connectivity index (χ0n) is 27.6. The quantitative estimate of drug-likeness (QED) is 0.178. The van der Waals surface area contributed by atoms with E-state index in [9.17, 15) is 0 Å². The molecule has 236 valence electrons. The number of hydrogen-bond acceptors (Lipinski definition) is 0. The summed E-state index contributed by atoms with van der Waals surface area (Å²) in [4.78, 5) is 0. The van der Waals surface area contributed by atoms with Gasteiger partial charge in [0, 0.05) is 32.8 Å². The average molecular weight is 639 g/mol. The maximum Gasteiger partial charge on any atom is 0.0541 e. The fourth-order valence-electron chi connectivity index (χ4n) is 8.06. The number of para-hydroxylation sites is 3. The molecule has 0 N–H and O–H groups in total. The van der Waals surface area contributed by atoms with Gasteiger partial charge in [-0.25, -0.2) is 0 Å². The predicted octanol–water partition coefficient (Wildman–Crippen LogP) is 12.9. The molecule has 0 amide bonds. The standard InChI is InChI=1S/C48H34N2/c1-3-14-33(15-4-1)35-18-13-19-38(30-35)49-45-24-11-8-21-40(45)42-31-36(26-28-47(42)49)37-27-29-48-43(32-37)41-22-9-12-25-46(41)50(48)44-23-10-7-20-39(44)34-16-5-2-6-17-34/h1-3,5-14,16-32H,4,15H2. The molecule has 1 aliphatic carbocycles. The van der Waals surface area contributed by atoms with Crippen molar-refractivity contribution in [1.82, 2.24) is 9.13 Å². The van der Waals surface area contributed by atoms with Crippen LogP contribution in [-0.2, 0) is 0 Å². The summed E-state index contributed by atoms with van der Waals surface area (Å²) in [6, 6.07) is 60.1. The summed E-state index contributed by atoms with van der Waals surface area (Å²) in [6.07, 6.45) is 8.88. The number of allylic oxidation sites excluding steroid dienone is 4. The summed E-state index contributed by atoms with van der Waals surface area (Å²) < 4.78 is 4.86. The molecule has 0 spiro atoms. The molecular weight excluding hydrogens is 605 g/mol. The van der Waals surface area contributed by atoms with Gasteiger partial charge in [-0.05, 0) is 95.3 Å². The van der Waals surface area contributed by atoms with Crippen LogP contribution in [0.1, 0.15) is 18.4 Å². The second-order valence-corrected chi connectivity index (χ2v) is 13.3. The van der Waals surface area contributed by atoms with Gasteiger partial charge in [-0.2, -0.15) is 0 Å². The molecule has 10 rings (SSSR count). The first-order valence-electron chi connectivity index (χ1n) is 17.5. The van der Waals surface area contributed by atoms with Gasteiger partial charge < -0.3 is 9.13 Å². The molecule has 0 saturated heterocycles. The molecule has 50 heavy (non-hydrogen) atoms. The first-order chi connectivity index (χ1) is 24.8. The van der Waals surface area contributed by atoms with Gasteiger partial charge in [0.25, 0.3) is 0 Å². The third-order valence-electron chi connectivity index (χ3n) is 10.4. The van der Waals surface area contributed by atoms with E-state index in [1.807, 2.05) is 0 Å². The SMILES string of the molecule is C1=CCCC(c2cccc(-n3c4ccccc4c4cc(-c5ccc6c(c5)c5ccccc5n6-c5ccccc5-c5ccccc5)ccc43)c2)=C1. The van der Waals surface area contributed by atoms with Gasteiger partial charge in [-0.3, -0.25) is 0 Å². The minimum absolute atomic E-state index is 1.08. The Kier molecular flexibility index (Phi) is 6.67. The fraction of sp³-hybridized carbons (Fsp3) is 0.0417. The van der Waals surface area contributed by atoms with Crippen molar-refractivity contribution in [1.29, 1.82) is 0 Å². The number of benzene rings is 7. The van der Waals surface area contributed by atoms with E-state index in [0.29, 0.717) is 0 Å². The van der Waals surface area contributed by atoms with Crippen molar-refractivity contribution in [3.8, 4) is 33.6 Å². The lowest BCUT2D eigenvalue weighted by molar-refractivity contribution is 1.05. The van der Waals surface area contributed by atoms with E-state index in [2.05, 4.69) is 191 Å².